The molecule has 0 saturated carbocycles. The molecule has 0 aliphatic heterocycles. The van der Waals surface area contributed by atoms with Gasteiger partial charge in [-0.05, 0) is 30.7 Å². The molecule has 0 radical (unpaired) electrons. The zero-order chi connectivity index (χ0) is 13.1. The lowest BCUT2D eigenvalue weighted by Crippen LogP contribution is -1.97. The van der Waals surface area contributed by atoms with Crippen LogP contribution in [-0.4, -0.2) is 15.3 Å². The fraction of sp³-hybridized carbons (Fsp3) is 0.154. The minimum atomic E-state index is -1.13. The van der Waals surface area contributed by atoms with Crippen molar-refractivity contribution in [3.63, 3.8) is 0 Å². The molecule has 1 aromatic carbocycles. The third-order valence-corrected chi connectivity index (χ3v) is 5.26. The number of carboxylic acid groups (broad SMARTS) is 1. The third kappa shape index (κ3) is 2.86. The second-order valence-electron chi connectivity index (χ2n) is 3.83. The molecular formula is C13H12O3S2. The Morgan fingerprint density at radius 3 is 2.61 bits per heavy atom. The molecule has 0 spiro atoms. The highest BCUT2D eigenvalue weighted by atomic mass is 32.2. The predicted molar refractivity (Wildman–Crippen MR) is 72.6 cm³/mol. The van der Waals surface area contributed by atoms with Gasteiger partial charge in [0.25, 0.3) is 0 Å². The van der Waals surface area contributed by atoms with Crippen molar-refractivity contribution in [2.75, 3.05) is 0 Å². The molecule has 1 N–H and O–H groups in total. The van der Waals surface area contributed by atoms with Crippen LogP contribution in [0.5, 0.6) is 0 Å². The van der Waals surface area contributed by atoms with E-state index in [-0.39, 0.29) is 4.88 Å². The minimum absolute atomic E-state index is 0.284. The highest BCUT2D eigenvalue weighted by Crippen LogP contribution is 2.21. The van der Waals surface area contributed by atoms with Crippen molar-refractivity contribution in [3.8, 4) is 0 Å². The summed E-state index contributed by atoms with van der Waals surface area (Å²) in [6.45, 7) is 1.92. The SMILES string of the molecule is Cc1ccccc1S(=O)Cc1ccc(C(=O)O)s1. The molecule has 1 atom stereocenters. The van der Waals surface area contributed by atoms with Crippen LogP contribution in [0.1, 0.15) is 20.1 Å². The first-order valence-corrected chi connectivity index (χ1v) is 7.47. The summed E-state index contributed by atoms with van der Waals surface area (Å²) in [6, 6.07) is 10.8. The molecule has 5 heteroatoms. The summed E-state index contributed by atoms with van der Waals surface area (Å²) < 4.78 is 12.2. The number of hydrogen-bond donors (Lipinski definition) is 1. The van der Waals surface area contributed by atoms with E-state index >= 15 is 0 Å². The zero-order valence-corrected chi connectivity index (χ0v) is 11.4. The van der Waals surface area contributed by atoms with E-state index in [1.807, 2.05) is 31.2 Å². The van der Waals surface area contributed by atoms with Crippen molar-refractivity contribution in [2.24, 2.45) is 0 Å². The Kier molecular flexibility index (Phi) is 3.93. The number of aromatic carboxylic acids is 1. The van der Waals surface area contributed by atoms with Crippen LogP contribution in [-0.2, 0) is 16.6 Å². The van der Waals surface area contributed by atoms with Crippen LogP contribution in [0.4, 0.5) is 0 Å². The number of thiophene rings is 1. The molecule has 2 aromatic rings. The van der Waals surface area contributed by atoms with Crippen LogP contribution in [0, 0.1) is 6.92 Å². The summed E-state index contributed by atoms with van der Waals surface area (Å²) in [6.07, 6.45) is 0. The number of hydrogen-bond acceptors (Lipinski definition) is 3. The number of rotatable bonds is 4. The molecule has 94 valence electrons. The van der Waals surface area contributed by atoms with Gasteiger partial charge < -0.3 is 5.11 Å². The average molecular weight is 280 g/mol. The Hall–Kier alpha value is -1.46. The molecule has 3 nitrogen and oxygen atoms in total. The molecule has 0 bridgehead atoms. The molecule has 1 heterocycles. The average Bonchev–Trinajstić information content (AvgIpc) is 2.78. The first-order chi connectivity index (χ1) is 8.58. The summed E-state index contributed by atoms with van der Waals surface area (Å²) in [5, 5.41) is 8.83. The van der Waals surface area contributed by atoms with E-state index in [4.69, 9.17) is 5.11 Å². The third-order valence-electron chi connectivity index (χ3n) is 2.48. The van der Waals surface area contributed by atoms with Gasteiger partial charge in [-0.1, -0.05) is 18.2 Å². The van der Waals surface area contributed by atoms with Gasteiger partial charge in [0.15, 0.2) is 0 Å². The molecular weight excluding hydrogens is 268 g/mol. The van der Waals surface area contributed by atoms with E-state index in [1.165, 1.54) is 11.3 Å². The Bertz CT molecular complexity index is 602. The maximum atomic E-state index is 12.2. The lowest BCUT2D eigenvalue weighted by atomic mass is 10.2. The molecule has 0 saturated heterocycles. The van der Waals surface area contributed by atoms with Gasteiger partial charge in [-0.3, -0.25) is 4.21 Å². The monoisotopic (exact) mass is 280 g/mol. The molecule has 0 aliphatic rings. The van der Waals surface area contributed by atoms with Gasteiger partial charge in [-0.15, -0.1) is 11.3 Å². The van der Waals surface area contributed by atoms with E-state index in [2.05, 4.69) is 0 Å². The van der Waals surface area contributed by atoms with Crippen LogP contribution >= 0.6 is 11.3 Å². The second kappa shape index (κ2) is 5.46. The summed E-state index contributed by atoms with van der Waals surface area (Å²) in [4.78, 5) is 12.7. The van der Waals surface area contributed by atoms with Gasteiger partial charge in [0.05, 0.1) is 16.6 Å². The number of benzene rings is 1. The predicted octanol–water partition coefficient (Wildman–Crippen LogP) is 3.06. The lowest BCUT2D eigenvalue weighted by Gasteiger charge is -2.03. The highest BCUT2D eigenvalue weighted by molar-refractivity contribution is 7.84. The highest BCUT2D eigenvalue weighted by Gasteiger charge is 2.11. The van der Waals surface area contributed by atoms with Crippen LogP contribution in [0.2, 0.25) is 0 Å². The maximum Gasteiger partial charge on any atom is 0.345 e. The Morgan fingerprint density at radius 2 is 2.00 bits per heavy atom. The van der Waals surface area contributed by atoms with Crippen LogP contribution in [0.15, 0.2) is 41.3 Å². The Labute approximate surface area is 112 Å². The standard InChI is InChI=1S/C13H12O3S2/c1-9-4-2-3-5-12(9)18(16)8-10-6-7-11(17-10)13(14)15/h2-7H,8H2,1H3,(H,14,15). The van der Waals surface area contributed by atoms with Crippen molar-refractivity contribution >= 4 is 28.1 Å². The first-order valence-electron chi connectivity index (χ1n) is 5.34. The fourth-order valence-electron chi connectivity index (χ4n) is 1.59. The topological polar surface area (TPSA) is 54.4 Å². The molecule has 1 unspecified atom stereocenters. The van der Waals surface area contributed by atoms with E-state index in [0.717, 1.165) is 15.3 Å². The summed E-state index contributed by atoms with van der Waals surface area (Å²) in [5.41, 5.74) is 0.992. The zero-order valence-electron chi connectivity index (χ0n) is 9.75. The van der Waals surface area contributed by atoms with E-state index in [0.29, 0.717) is 5.75 Å². The van der Waals surface area contributed by atoms with Crippen molar-refractivity contribution in [1.29, 1.82) is 0 Å². The van der Waals surface area contributed by atoms with Crippen LogP contribution < -0.4 is 0 Å². The summed E-state index contributed by atoms with van der Waals surface area (Å²) in [5.74, 6) is -0.573. The van der Waals surface area contributed by atoms with Crippen LogP contribution in [0.25, 0.3) is 0 Å². The quantitative estimate of drug-likeness (QED) is 0.936. The number of carboxylic acids is 1. The number of carbonyl (C=O) groups is 1. The maximum absolute atomic E-state index is 12.2. The first kappa shape index (κ1) is 13.0. The molecule has 2 rings (SSSR count). The molecule has 0 fully saturated rings. The van der Waals surface area contributed by atoms with E-state index < -0.39 is 16.8 Å². The Morgan fingerprint density at radius 1 is 1.28 bits per heavy atom. The largest absolute Gasteiger partial charge is 0.477 e. The normalized spacial score (nSPS) is 12.3. The number of aryl methyl sites for hydroxylation is 1. The van der Waals surface area contributed by atoms with Crippen molar-refractivity contribution in [2.45, 2.75) is 17.6 Å². The van der Waals surface area contributed by atoms with Gasteiger partial charge in [0, 0.05) is 9.77 Å². The van der Waals surface area contributed by atoms with Crippen molar-refractivity contribution in [1.82, 2.24) is 0 Å². The fourth-order valence-corrected chi connectivity index (χ4v) is 3.96. The van der Waals surface area contributed by atoms with E-state index in [9.17, 15) is 9.00 Å². The van der Waals surface area contributed by atoms with Crippen molar-refractivity contribution in [3.05, 3.63) is 51.7 Å². The van der Waals surface area contributed by atoms with Gasteiger partial charge in [-0.25, -0.2) is 4.79 Å². The van der Waals surface area contributed by atoms with Crippen LogP contribution in [0.3, 0.4) is 0 Å². The van der Waals surface area contributed by atoms with Gasteiger partial charge >= 0.3 is 5.97 Å². The minimum Gasteiger partial charge on any atom is -0.477 e. The van der Waals surface area contributed by atoms with E-state index in [1.54, 1.807) is 12.1 Å². The molecule has 0 amide bonds. The molecule has 1 aromatic heterocycles. The van der Waals surface area contributed by atoms with Gasteiger partial charge in [0.1, 0.15) is 4.88 Å². The van der Waals surface area contributed by atoms with Crippen molar-refractivity contribution < 1.29 is 14.1 Å². The van der Waals surface area contributed by atoms with Gasteiger partial charge in [0.2, 0.25) is 0 Å². The second-order valence-corrected chi connectivity index (χ2v) is 6.41. The lowest BCUT2D eigenvalue weighted by molar-refractivity contribution is 0.0702. The smallest absolute Gasteiger partial charge is 0.345 e. The molecule has 18 heavy (non-hydrogen) atoms. The molecule has 0 aliphatic carbocycles. The van der Waals surface area contributed by atoms with Gasteiger partial charge in [-0.2, -0.15) is 0 Å². The summed E-state index contributed by atoms with van der Waals surface area (Å²) in [7, 11) is -1.13. The summed E-state index contributed by atoms with van der Waals surface area (Å²) >= 11 is 1.18. The Balaban J connectivity index is 2.16.